The van der Waals surface area contributed by atoms with Crippen LogP contribution < -0.4 is 10.5 Å². The third-order valence-corrected chi connectivity index (χ3v) is 3.53. The topological polar surface area (TPSA) is 66.0 Å². The normalized spacial score (nSPS) is 10.9. The first-order valence-corrected chi connectivity index (χ1v) is 6.84. The van der Waals surface area contributed by atoms with E-state index in [1.54, 1.807) is 17.9 Å². The van der Waals surface area contributed by atoms with Crippen molar-refractivity contribution in [2.75, 3.05) is 12.8 Å². The molecular weight excluding hydrogens is 320 g/mol. The molecule has 3 aromatic rings. The minimum Gasteiger partial charge on any atom is -0.495 e. The molecule has 20 heavy (non-hydrogen) atoms. The molecule has 0 aliphatic rings. The van der Waals surface area contributed by atoms with Gasteiger partial charge in [0.2, 0.25) is 5.95 Å². The number of nitrogens with two attached hydrogens (primary N) is 1. The molecule has 2 N–H and O–H groups in total. The summed E-state index contributed by atoms with van der Waals surface area (Å²) in [6.07, 6.45) is 1.80. The monoisotopic (exact) mass is 332 g/mol. The van der Waals surface area contributed by atoms with Gasteiger partial charge in [0.1, 0.15) is 11.3 Å². The number of rotatable bonds is 2. The van der Waals surface area contributed by atoms with E-state index in [0.29, 0.717) is 17.3 Å². The average molecular weight is 333 g/mol. The fourth-order valence-electron chi connectivity index (χ4n) is 2.16. The van der Waals surface area contributed by atoms with Crippen LogP contribution >= 0.6 is 15.9 Å². The van der Waals surface area contributed by atoms with E-state index in [1.807, 2.05) is 31.2 Å². The van der Waals surface area contributed by atoms with Gasteiger partial charge >= 0.3 is 0 Å². The predicted molar refractivity (Wildman–Crippen MR) is 82.3 cm³/mol. The summed E-state index contributed by atoms with van der Waals surface area (Å²) in [5, 5.41) is 0. The van der Waals surface area contributed by atoms with Gasteiger partial charge in [-0.25, -0.2) is 9.97 Å². The highest BCUT2D eigenvalue weighted by Crippen LogP contribution is 2.31. The van der Waals surface area contributed by atoms with E-state index in [-0.39, 0.29) is 0 Å². The Kier molecular flexibility index (Phi) is 3.10. The molecule has 0 atom stereocenters. The van der Waals surface area contributed by atoms with Crippen molar-refractivity contribution in [2.24, 2.45) is 0 Å². The Labute approximate surface area is 124 Å². The second-order valence-corrected chi connectivity index (χ2v) is 5.39. The van der Waals surface area contributed by atoms with E-state index in [1.165, 1.54) is 0 Å². The summed E-state index contributed by atoms with van der Waals surface area (Å²) in [7, 11) is 1.62. The molecule has 0 aliphatic carbocycles. The number of nitrogen functional groups attached to an aromatic ring is 1. The summed E-state index contributed by atoms with van der Waals surface area (Å²) in [6.45, 7) is 1.97. The van der Waals surface area contributed by atoms with Crippen LogP contribution in [0.1, 0.15) is 5.56 Å². The zero-order valence-corrected chi connectivity index (χ0v) is 12.7. The van der Waals surface area contributed by atoms with Crippen LogP contribution in [-0.2, 0) is 0 Å². The highest BCUT2D eigenvalue weighted by molar-refractivity contribution is 9.10. The van der Waals surface area contributed by atoms with Gasteiger partial charge in [-0.1, -0.05) is 15.9 Å². The summed E-state index contributed by atoms with van der Waals surface area (Å²) < 4.78 is 8.12. The summed E-state index contributed by atoms with van der Waals surface area (Å²) in [5.74, 6) is 1.09. The number of hydrogen-bond acceptors (Lipinski definition) is 4. The summed E-state index contributed by atoms with van der Waals surface area (Å²) in [6, 6.07) is 7.67. The first-order chi connectivity index (χ1) is 9.60. The molecule has 5 nitrogen and oxygen atoms in total. The zero-order chi connectivity index (χ0) is 14.3. The molecule has 0 bridgehead atoms. The highest BCUT2D eigenvalue weighted by atomic mass is 79.9. The third-order valence-electron chi connectivity index (χ3n) is 3.04. The van der Waals surface area contributed by atoms with Crippen molar-refractivity contribution < 1.29 is 4.74 Å². The van der Waals surface area contributed by atoms with E-state index in [4.69, 9.17) is 10.5 Å². The first-order valence-electron chi connectivity index (χ1n) is 6.04. The zero-order valence-electron chi connectivity index (χ0n) is 11.1. The molecular formula is C14H13BrN4O. The molecule has 0 spiro atoms. The average Bonchev–Trinajstić information content (AvgIpc) is 2.73. The quantitative estimate of drug-likeness (QED) is 0.783. The number of aryl methyl sites for hydroxylation is 1. The first kappa shape index (κ1) is 12.9. The molecule has 1 aromatic carbocycles. The molecule has 2 aromatic heterocycles. The highest BCUT2D eigenvalue weighted by Gasteiger charge is 2.15. The van der Waals surface area contributed by atoms with E-state index >= 15 is 0 Å². The molecule has 0 aliphatic heterocycles. The number of methoxy groups -OCH3 is 1. The maximum absolute atomic E-state index is 6.05. The molecule has 102 valence electrons. The standard InChI is InChI=1S/C14H13BrN4O/c1-8-5-10-13(17-7-8)19(14(16)18-10)11-6-9(15)3-4-12(11)20-2/h3-7H,1-2H3,(H2,16,18). The van der Waals surface area contributed by atoms with E-state index < -0.39 is 0 Å². The number of ether oxygens (including phenoxy) is 1. The van der Waals surface area contributed by atoms with Gasteiger partial charge in [-0.3, -0.25) is 4.57 Å². The van der Waals surface area contributed by atoms with Gasteiger partial charge in [0.15, 0.2) is 5.65 Å². The smallest absolute Gasteiger partial charge is 0.207 e. The molecule has 2 heterocycles. The summed E-state index contributed by atoms with van der Waals surface area (Å²) >= 11 is 3.46. The van der Waals surface area contributed by atoms with Gasteiger partial charge in [-0.05, 0) is 36.8 Å². The number of aromatic nitrogens is 3. The molecule has 0 unspecified atom stereocenters. The van der Waals surface area contributed by atoms with Crippen LogP contribution in [0.2, 0.25) is 0 Å². The van der Waals surface area contributed by atoms with Gasteiger partial charge in [0.25, 0.3) is 0 Å². The Morgan fingerprint density at radius 2 is 2.10 bits per heavy atom. The number of imidazole rings is 1. The number of hydrogen-bond donors (Lipinski definition) is 1. The van der Waals surface area contributed by atoms with Crippen molar-refractivity contribution in [3.63, 3.8) is 0 Å². The molecule has 0 radical (unpaired) electrons. The molecule has 0 saturated heterocycles. The minimum absolute atomic E-state index is 0.384. The van der Waals surface area contributed by atoms with Crippen LogP contribution in [0.25, 0.3) is 16.9 Å². The maximum atomic E-state index is 6.05. The van der Waals surface area contributed by atoms with Crippen LogP contribution in [0.15, 0.2) is 34.9 Å². The lowest BCUT2D eigenvalue weighted by atomic mass is 10.2. The molecule has 0 fully saturated rings. The van der Waals surface area contributed by atoms with Crippen molar-refractivity contribution in [2.45, 2.75) is 6.92 Å². The van der Waals surface area contributed by atoms with Crippen LogP contribution in [0.5, 0.6) is 5.75 Å². The largest absolute Gasteiger partial charge is 0.495 e. The number of benzene rings is 1. The number of fused-ring (bicyclic) bond motifs is 1. The van der Waals surface area contributed by atoms with Crippen molar-refractivity contribution in [1.82, 2.24) is 14.5 Å². The second kappa shape index (κ2) is 4.79. The van der Waals surface area contributed by atoms with E-state index in [9.17, 15) is 0 Å². The number of nitrogens with zero attached hydrogens (tertiary/aromatic N) is 3. The van der Waals surface area contributed by atoms with Crippen molar-refractivity contribution in [1.29, 1.82) is 0 Å². The van der Waals surface area contributed by atoms with Crippen molar-refractivity contribution in [3.05, 3.63) is 40.5 Å². The lowest BCUT2D eigenvalue weighted by Crippen LogP contribution is -2.03. The van der Waals surface area contributed by atoms with Crippen LogP contribution in [0, 0.1) is 6.92 Å². The molecule has 0 saturated carbocycles. The van der Waals surface area contributed by atoms with Gasteiger partial charge < -0.3 is 10.5 Å². The molecule has 3 rings (SSSR count). The minimum atomic E-state index is 0.384. The number of pyridine rings is 1. The lowest BCUT2D eigenvalue weighted by molar-refractivity contribution is 0.413. The van der Waals surface area contributed by atoms with Crippen LogP contribution in [0.4, 0.5) is 5.95 Å². The van der Waals surface area contributed by atoms with Crippen molar-refractivity contribution >= 4 is 33.0 Å². The summed E-state index contributed by atoms with van der Waals surface area (Å²) in [4.78, 5) is 8.80. The fraction of sp³-hybridized carbons (Fsp3) is 0.143. The van der Waals surface area contributed by atoms with Gasteiger partial charge in [-0.15, -0.1) is 0 Å². The van der Waals surface area contributed by atoms with E-state index in [2.05, 4.69) is 25.9 Å². The number of anilines is 1. The SMILES string of the molecule is COc1ccc(Br)cc1-n1c(N)nc2cc(C)cnc21. The second-order valence-electron chi connectivity index (χ2n) is 4.48. The Bertz CT molecular complexity index is 797. The van der Waals surface area contributed by atoms with Gasteiger partial charge in [-0.2, -0.15) is 0 Å². The fourth-order valence-corrected chi connectivity index (χ4v) is 2.51. The van der Waals surface area contributed by atoms with Crippen LogP contribution in [-0.4, -0.2) is 21.6 Å². The number of halogens is 1. The molecule has 6 heteroatoms. The Morgan fingerprint density at radius 1 is 1.30 bits per heavy atom. The van der Waals surface area contributed by atoms with Crippen LogP contribution in [0.3, 0.4) is 0 Å². The van der Waals surface area contributed by atoms with Gasteiger partial charge in [0, 0.05) is 10.7 Å². The Morgan fingerprint density at radius 3 is 2.85 bits per heavy atom. The van der Waals surface area contributed by atoms with Gasteiger partial charge in [0.05, 0.1) is 12.8 Å². The van der Waals surface area contributed by atoms with Crippen molar-refractivity contribution in [3.8, 4) is 11.4 Å². The molecule has 0 amide bonds. The Balaban J connectivity index is 2.34. The summed E-state index contributed by atoms with van der Waals surface area (Å²) in [5.41, 5.74) is 9.38. The predicted octanol–water partition coefficient (Wildman–Crippen LogP) is 3.08. The third kappa shape index (κ3) is 2.02. The van der Waals surface area contributed by atoms with E-state index in [0.717, 1.165) is 21.2 Å². The maximum Gasteiger partial charge on any atom is 0.207 e. The lowest BCUT2D eigenvalue weighted by Gasteiger charge is -2.11. The Hall–Kier alpha value is -2.08.